The molecule has 27 heavy (non-hydrogen) atoms. The van der Waals surface area contributed by atoms with Crippen LogP contribution in [0.25, 0.3) is 0 Å². The van der Waals surface area contributed by atoms with Crippen molar-refractivity contribution in [3.8, 4) is 11.5 Å². The third kappa shape index (κ3) is 3.44. The van der Waals surface area contributed by atoms with Gasteiger partial charge in [-0.2, -0.15) is 0 Å². The minimum Gasteiger partial charge on any atom is -0.493 e. The number of pyridine rings is 1. The Morgan fingerprint density at radius 3 is 2.33 bits per heavy atom. The van der Waals surface area contributed by atoms with Crippen molar-refractivity contribution in [2.45, 2.75) is 25.8 Å². The van der Waals surface area contributed by atoms with Gasteiger partial charge in [0, 0.05) is 32.4 Å². The molecule has 0 atom stereocenters. The van der Waals surface area contributed by atoms with Gasteiger partial charge in [0.05, 0.1) is 19.8 Å². The molecule has 6 nitrogen and oxygen atoms in total. The summed E-state index contributed by atoms with van der Waals surface area (Å²) in [4.78, 5) is 21.6. The standard InChI is InChI=1S/C21H25N3O3/c1-26-18-11-15-7-10-24(14-17(15)12-19(18)27-2)21(25)16-5-6-20(22-13-16)23-8-3-4-9-23/h5-6,11-13H,3-4,7-10,14H2,1-2H3. The molecule has 0 spiro atoms. The Hall–Kier alpha value is -2.76. The van der Waals surface area contributed by atoms with Crippen LogP contribution in [0, 0.1) is 0 Å². The highest BCUT2D eigenvalue weighted by molar-refractivity contribution is 5.94. The molecule has 0 saturated carbocycles. The Balaban J connectivity index is 1.50. The maximum absolute atomic E-state index is 12.9. The van der Waals surface area contributed by atoms with E-state index in [9.17, 15) is 4.79 Å². The van der Waals surface area contributed by atoms with E-state index in [2.05, 4.69) is 9.88 Å². The molecular weight excluding hydrogens is 342 g/mol. The minimum atomic E-state index is 0.0240. The predicted molar refractivity (Wildman–Crippen MR) is 104 cm³/mol. The van der Waals surface area contributed by atoms with Crippen LogP contribution in [0.1, 0.15) is 34.3 Å². The van der Waals surface area contributed by atoms with Gasteiger partial charge >= 0.3 is 0 Å². The molecule has 0 radical (unpaired) electrons. The van der Waals surface area contributed by atoms with Gasteiger partial charge in [0.25, 0.3) is 5.91 Å². The number of hydrogen-bond donors (Lipinski definition) is 0. The molecule has 2 aliphatic rings. The zero-order valence-corrected chi connectivity index (χ0v) is 15.9. The number of anilines is 1. The molecule has 1 amide bonds. The number of benzene rings is 1. The molecule has 0 N–H and O–H groups in total. The van der Waals surface area contributed by atoms with E-state index in [0.29, 0.717) is 24.4 Å². The summed E-state index contributed by atoms with van der Waals surface area (Å²) in [5, 5.41) is 0. The maximum Gasteiger partial charge on any atom is 0.255 e. The lowest BCUT2D eigenvalue weighted by Gasteiger charge is -2.29. The zero-order chi connectivity index (χ0) is 18.8. The van der Waals surface area contributed by atoms with Gasteiger partial charge < -0.3 is 19.3 Å². The summed E-state index contributed by atoms with van der Waals surface area (Å²) < 4.78 is 10.8. The van der Waals surface area contributed by atoms with Gasteiger partial charge in [-0.25, -0.2) is 4.98 Å². The van der Waals surface area contributed by atoms with Crippen LogP contribution in [0.5, 0.6) is 11.5 Å². The second-order valence-electron chi connectivity index (χ2n) is 7.05. The second-order valence-corrected chi connectivity index (χ2v) is 7.05. The molecule has 0 unspecified atom stereocenters. The van der Waals surface area contributed by atoms with Gasteiger partial charge in [-0.1, -0.05) is 0 Å². The number of aromatic nitrogens is 1. The molecule has 3 heterocycles. The van der Waals surface area contributed by atoms with E-state index in [1.165, 1.54) is 18.4 Å². The third-order valence-corrected chi connectivity index (χ3v) is 5.43. The predicted octanol–water partition coefficient (Wildman–Crippen LogP) is 2.90. The Labute approximate surface area is 159 Å². The van der Waals surface area contributed by atoms with Crippen LogP contribution in [0.3, 0.4) is 0 Å². The monoisotopic (exact) mass is 367 g/mol. The van der Waals surface area contributed by atoms with E-state index >= 15 is 0 Å². The van der Waals surface area contributed by atoms with E-state index in [1.807, 2.05) is 29.2 Å². The average Bonchev–Trinajstić information content (AvgIpc) is 3.26. The molecule has 1 fully saturated rings. The molecule has 1 aromatic carbocycles. The molecule has 0 aliphatic carbocycles. The first-order chi connectivity index (χ1) is 13.2. The van der Waals surface area contributed by atoms with E-state index < -0.39 is 0 Å². The van der Waals surface area contributed by atoms with Crippen molar-refractivity contribution in [1.82, 2.24) is 9.88 Å². The van der Waals surface area contributed by atoms with Crippen LogP contribution in [0.2, 0.25) is 0 Å². The SMILES string of the molecule is COc1cc2c(cc1OC)CN(C(=O)c1ccc(N3CCCC3)nc1)CC2. The zero-order valence-electron chi connectivity index (χ0n) is 15.9. The lowest BCUT2D eigenvalue weighted by atomic mass is 9.98. The van der Waals surface area contributed by atoms with Crippen molar-refractivity contribution < 1.29 is 14.3 Å². The number of carbonyl (C=O) groups is 1. The smallest absolute Gasteiger partial charge is 0.255 e. The molecule has 142 valence electrons. The van der Waals surface area contributed by atoms with E-state index in [0.717, 1.165) is 36.6 Å². The summed E-state index contributed by atoms with van der Waals surface area (Å²) >= 11 is 0. The number of methoxy groups -OCH3 is 2. The lowest BCUT2D eigenvalue weighted by molar-refractivity contribution is 0.0734. The fourth-order valence-electron chi connectivity index (χ4n) is 3.88. The third-order valence-electron chi connectivity index (χ3n) is 5.43. The van der Waals surface area contributed by atoms with Crippen molar-refractivity contribution in [3.63, 3.8) is 0 Å². The number of carbonyl (C=O) groups excluding carboxylic acids is 1. The first-order valence-corrected chi connectivity index (χ1v) is 9.43. The maximum atomic E-state index is 12.9. The molecule has 0 bridgehead atoms. The number of rotatable bonds is 4. The molecular formula is C21H25N3O3. The van der Waals surface area contributed by atoms with Crippen molar-refractivity contribution in [1.29, 1.82) is 0 Å². The molecule has 2 aliphatic heterocycles. The van der Waals surface area contributed by atoms with Crippen LogP contribution in [0.15, 0.2) is 30.5 Å². The summed E-state index contributed by atoms with van der Waals surface area (Å²) in [6.45, 7) is 3.36. The quantitative estimate of drug-likeness (QED) is 0.832. The van der Waals surface area contributed by atoms with Crippen molar-refractivity contribution in [2.24, 2.45) is 0 Å². The highest BCUT2D eigenvalue weighted by atomic mass is 16.5. The highest BCUT2D eigenvalue weighted by Gasteiger charge is 2.24. The number of nitrogens with zero attached hydrogens (tertiary/aromatic N) is 3. The fourth-order valence-corrected chi connectivity index (χ4v) is 3.88. The molecule has 1 saturated heterocycles. The first kappa shape index (κ1) is 17.6. The van der Waals surface area contributed by atoms with Gasteiger partial charge in [0.15, 0.2) is 11.5 Å². The summed E-state index contributed by atoms with van der Waals surface area (Å²) in [5.74, 6) is 2.42. The van der Waals surface area contributed by atoms with Crippen LogP contribution in [0.4, 0.5) is 5.82 Å². The lowest BCUT2D eigenvalue weighted by Crippen LogP contribution is -2.36. The fraction of sp³-hybridized carbons (Fsp3) is 0.429. The minimum absolute atomic E-state index is 0.0240. The summed E-state index contributed by atoms with van der Waals surface area (Å²) in [5.41, 5.74) is 2.95. The molecule has 4 rings (SSSR count). The second kappa shape index (κ2) is 7.47. The normalized spacial score (nSPS) is 16.2. The summed E-state index contributed by atoms with van der Waals surface area (Å²) in [6.07, 6.45) is 4.94. The Morgan fingerprint density at radius 2 is 1.70 bits per heavy atom. The van der Waals surface area contributed by atoms with Crippen LogP contribution in [-0.4, -0.2) is 49.6 Å². The van der Waals surface area contributed by atoms with Gasteiger partial charge in [0.1, 0.15) is 5.82 Å². The summed E-state index contributed by atoms with van der Waals surface area (Å²) in [7, 11) is 3.27. The number of amides is 1. The van der Waals surface area contributed by atoms with Crippen LogP contribution in [-0.2, 0) is 13.0 Å². The van der Waals surface area contributed by atoms with Crippen LogP contribution >= 0.6 is 0 Å². The number of fused-ring (bicyclic) bond motifs is 1. The van der Waals surface area contributed by atoms with Crippen molar-refractivity contribution in [2.75, 3.05) is 38.8 Å². The van der Waals surface area contributed by atoms with Crippen LogP contribution < -0.4 is 14.4 Å². The average molecular weight is 367 g/mol. The van der Waals surface area contributed by atoms with Gasteiger partial charge in [-0.05, 0) is 54.7 Å². The largest absolute Gasteiger partial charge is 0.493 e. The Kier molecular flexibility index (Phi) is 4.88. The van der Waals surface area contributed by atoms with Gasteiger partial charge in [0.2, 0.25) is 0 Å². The summed E-state index contributed by atoms with van der Waals surface area (Å²) in [6, 6.07) is 7.85. The topological polar surface area (TPSA) is 54.9 Å². The molecule has 6 heteroatoms. The Bertz CT molecular complexity index is 829. The van der Waals surface area contributed by atoms with Gasteiger partial charge in [-0.15, -0.1) is 0 Å². The van der Waals surface area contributed by atoms with E-state index in [4.69, 9.17) is 9.47 Å². The number of hydrogen-bond acceptors (Lipinski definition) is 5. The molecule has 1 aromatic heterocycles. The van der Waals surface area contributed by atoms with E-state index in [1.54, 1.807) is 20.4 Å². The van der Waals surface area contributed by atoms with E-state index in [-0.39, 0.29) is 5.91 Å². The van der Waals surface area contributed by atoms with Crippen molar-refractivity contribution >= 4 is 11.7 Å². The highest BCUT2D eigenvalue weighted by Crippen LogP contribution is 2.33. The van der Waals surface area contributed by atoms with Crippen molar-refractivity contribution in [3.05, 3.63) is 47.2 Å². The first-order valence-electron chi connectivity index (χ1n) is 9.43. The Morgan fingerprint density at radius 1 is 1.00 bits per heavy atom. The van der Waals surface area contributed by atoms with Gasteiger partial charge in [-0.3, -0.25) is 4.79 Å². The molecule has 2 aromatic rings. The number of ether oxygens (including phenoxy) is 2.